The van der Waals surface area contributed by atoms with Crippen LogP contribution in [0.3, 0.4) is 0 Å². The van der Waals surface area contributed by atoms with E-state index in [1.807, 2.05) is 11.4 Å². The van der Waals surface area contributed by atoms with E-state index in [9.17, 15) is 8.42 Å². The number of nitrogens with one attached hydrogen (secondary N) is 1. The van der Waals surface area contributed by atoms with Crippen molar-refractivity contribution >= 4 is 33.0 Å². The Morgan fingerprint density at radius 2 is 1.92 bits per heavy atom. The van der Waals surface area contributed by atoms with Gasteiger partial charge in [0.2, 0.25) is 10.0 Å². The van der Waals surface area contributed by atoms with E-state index in [2.05, 4.69) is 15.0 Å². The van der Waals surface area contributed by atoms with Crippen molar-refractivity contribution in [1.29, 1.82) is 0 Å². The lowest BCUT2D eigenvalue weighted by Crippen LogP contribution is -2.43. The van der Waals surface area contributed by atoms with Gasteiger partial charge >= 0.3 is 0 Å². The molecular formula is C16H19ClN2O3S2. The fraction of sp³-hybridized carbons (Fsp3) is 0.375. The molecule has 5 nitrogen and oxygen atoms in total. The van der Waals surface area contributed by atoms with Gasteiger partial charge in [-0.15, -0.1) is 0 Å². The van der Waals surface area contributed by atoms with Gasteiger partial charge in [-0.25, -0.2) is 13.1 Å². The Kier molecular flexibility index (Phi) is 5.91. The number of sulfonamides is 1. The first-order valence-electron chi connectivity index (χ1n) is 7.65. The van der Waals surface area contributed by atoms with Crippen LogP contribution in [0, 0.1) is 0 Å². The van der Waals surface area contributed by atoms with Gasteiger partial charge in [0.25, 0.3) is 0 Å². The molecular weight excluding hydrogens is 368 g/mol. The Hall–Kier alpha value is -0.960. The fourth-order valence-corrected chi connectivity index (χ4v) is 4.57. The van der Waals surface area contributed by atoms with Gasteiger partial charge in [0, 0.05) is 30.7 Å². The van der Waals surface area contributed by atoms with E-state index in [1.165, 1.54) is 12.1 Å². The Morgan fingerprint density at radius 3 is 2.54 bits per heavy atom. The minimum Gasteiger partial charge on any atom is -0.379 e. The molecule has 130 valence electrons. The summed E-state index contributed by atoms with van der Waals surface area (Å²) in [5.41, 5.74) is 1.13. The molecule has 1 aromatic heterocycles. The second kappa shape index (κ2) is 7.95. The Balaban J connectivity index is 1.74. The van der Waals surface area contributed by atoms with Crippen LogP contribution in [0.2, 0.25) is 5.02 Å². The molecule has 8 heteroatoms. The number of benzene rings is 1. The van der Waals surface area contributed by atoms with Crippen molar-refractivity contribution in [3.63, 3.8) is 0 Å². The van der Waals surface area contributed by atoms with Crippen molar-refractivity contribution in [2.24, 2.45) is 0 Å². The average molecular weight is 387 g/mol. The largest absolute Gasteiger partial charge is 0.379 e. The molecule has 0 saturated carbocycles. The first-order chi connectivity index (χ1) is 11.6. The number of ether oxygens (including phenoxy) is 1. The lowest BCUT2D eigenvalue weighted by molar-refractivity contribution is 0.0173. The summed E-state index contributed by atoms with van der Waals surface area (Å²) in [5.74, 6) is 0. The molecule has 0 bridgehead atoms. The van der Waals surface area contributed by atoms with E-state index < -0.39 is 10.0 Å². The second-order valence-corrected chi connectivity index (χ2v) is 8.51. The van der Waals surface area contributed by atoms with Crippen LogP contribution in [0.15, 0.2) is 46.0 Å². The predicted molar refractivity (Wildman–Crippen MR) is 96.1 cm³/mol. The molecule has 0 spiro atoms. The summed E-state index contributed by atoms with van der Waals surface area (Å²) in [7, 11) is -3.56. The maximum Gasteiger partial charge on any atom is 0.240 e. The maximum absolute atomic E-state index is 12.5. The van der Waals surface area contributed by atoms with Crippen LogP contribution < -0.4 is 4.72 Å². The number of morpholine rings is 1. The van der Waals surface area contributed by atoms with Gasteiger partial charge in [-0.2, -0.15) is 11.3 Å². The van der Waals surface area contributed by atoms with Gasteiger partial charge in [-0.3, -0.25) is 4.90 Å². The normalized spacial score (nSPS) is 17.7. The zero-order chi connectivity index (χ0) is 17.0. The number of thiophene rings is 1. The molecule has 0 amide bonds. The number of hydrogen-bond donors (Lipinski definition) is 1. The SMILES string of the molecule is O=S(=O)(NCC(c1ccsc1)N1CCOCC1)c1ccc(Cl)cc1. The highest BCUT2D eigenvalue weighted by molar-refractivity contribution is 7.89. The van der Waals surface area contributed by atoms with Crippen molar-refractivity contribution in [2.45, 2.75) is 10.9 Å². The molecule has 2 aromatic rings. The van der Waals surface area contributed by atoms with Crippen LogP contribution in [-0.2, 0) is 14.8 Å². The third-order valence-electron chi connectivity index (χ3n) is 4.01. The highest BCUT2D eigenvalue weighted by Crippen LogP contribution is 2.24. The Morgan fingerprint density at radius 1 is 1.21 bits per heavy atom. The molecule has 1 aliphatic rings. The Labute approximate surface area is 151 Å². The van der Waals surface area contributed by atoms with Gasteiger partial charge < -0.3 is 4.74 Å². The maximum atomic E-state index is 12.5. The molecule has 0 aliphatic carbocycles. The van der Waals surface area contributed by atoms with Crippen LogP contribution >= 0.6 is 22.9 Å². The smallest absolute Gasteiger partial charge is 0.240 e. The summed E-state index contributed by atoms with van der Waals surface area (Å²) < 4.78 is 33.1. The predicted octanol–water partition coefficient (Wildman–Crippen LogP) is 2.75. The van der Waals surface area contributed by atoms with Crippen molar-refractivity contribution in [1.82, 2.24) is 9.62 Å². The quantitative estimate of drug-likeness (QED) is 0.829. The summed E-state index contributed by atoms with van der Waals surface area (Å²) in [6.07, 6.45) is 0. The van der Waals surface area contributed by atoms with Crippen LogP contribution in [0.5, 0.6) is 0 Å². The van der Waals surface area contributed by atoms with E-state index in [0.29, 0.717) is 24.8 Å². The Bertz CT molecular complexity index is 742. The topological polar surface area (TPSA) is 58.6 Å². The lowest BCUT2D eigenvalue weighted by Gasteiger charge is -2.34. The van der Waals surface area contributed by atoms with E-state index in [4.69, 9.17) is 16.3 Å². The van der Waals surface area contributed by atoms with Gasteiger partial charge in [0.05, 0.1) is 18.1 Å². The molecule has 1 unspecified atom stereocenters. The van der Waals surface area contributed by atoms with E-state index in [0.717, 1.165) is 18.7 Å². The molecule has 24 heavy (non-hydrogen) atoms. The van der Waals surface area contributed by atoms with Crippen LogP contribution in [0.1, 0.15) is 11.6 Å². The number of hydrogen-bond acceptors (Lipinski definition) is 5. The number of rotatable bonds is 6. The molecule has 1 fully saturated rings. The van der Waals surface area contributed by atoms with Crippen molar-refractivity contribution in [2.75, 3.05) is 32.8 Å². The highest BCUT2D eigenvalue weighted by atomic mass is 35.5. The van der Waals surface area contributed by atoms with Crippen LogP contribution in [0.4, 0.5) is 0 Å². The minimum absolute atomic E-state index is 0.00206. The average Bonchev–Trinajstić information content (AvgIpc) is 3.11. The second-order valence-electron chi connectivity index (χ2n) is 5.53. The molecule has 1 aliphatic heterocycles. The van der Waals surface area contributed by atoms with Gasteiger partial charge in [0.1, 0.15) is 0 Å². The summed E-state index contributed by atoms with van der Waals surface area (Å²) >= 11 is 7.44. The molecule has 1 saturated heterocycles. The molecule has 1 N–H and O–H groups in total. The van der Waals surface area contributed by atoms with E-state index in [-0.39, 0.29) is 10.9 Å². The lowest BCUT2D eigenvalue weighted by atomic mass is 10.1. The first-order valence-corrected chi connectivity index (χ1v) is 10.5. The van der Waals surface area contributed by atoms with Gasteiger partial charge in [-0.05, 0) is 46.7 Å². The molecule has 1 atom stereocenters. The van der Waals surface area contributed by atoms with Crippen molar-refractivity contribution in [3.8, 4) is 0 Å². The number of nitrogens with zero attached hydrogens (tertiary/aromatic N) is 1. The van der Waals surface area contributed by atoms with E-state index >= 15 is 0 Å². The summed E-state index contributed by atoms with van der Waals surface area (Å²) in [6, 6.07) is 8.23. The summed E-state index contributed by atoms with van der Waals surface area (Å²) in [5, 5.41) is 4.59. The zero-order valence-electron chi connectivity index (χ0n) is 13.0. The summed E-state index contributed by atoms with van der Waals surface area (Å²) in [6.45, 7) is 3.25. The van der Waals surface area contributed by atoms with Crippen LogP contribution in [-0.4, -0.2) is 46.2 Å². The molecule has 1 aromatic carbocycles. The monoisotopic (exact) mass is 386 g/mol. The van der Waals surface area contributed by atoms with Gasteiger partial charge in [-0.1, -0.05) is 11.6 Å². The summed E-state index contributed by atoms with van der Waals surface area (Å²) in [4.78, 5) is 2.48. The standard InChI is InChI=1S/C16H19ClN2O3S2/c17-14-1-3-15(4-2-14)24(20,21)18-11-16(13-5-10-23-12-13)19-6-8-22-9-7-19/h1-5,10,12,16,18H,6-9,11H2. The highest BCUT2D eigenvalue weighted by Gasteiger charge is 2.25. The van der Waals surface area contributed by atoms with Gasteiger partial charge in [0.15, 0.2) is 0 Å². The third-order valence-corrected chi connectivity index (χ3v) is 6.40. The molecule has 0 radical (unpaired) electrons. The van der Waals surface area contributed by atoms with E-state index in [1.54, 1.807) is 23.5 Å². The first kappa shape index (κ1) is 17.8. The minimum atomic E-state index is -3.56. The number of halogens is 1. The fourth-order valence-electron chi connectivity index (χ4n) is 2.70. The third kappa shape index (κ3) is 4.36. The van der Waals surface area contributed by atoms with Crippen molar-refractivity contribution < 1.29 is 13.2 Å². The van der Waals surface area contributed by atoms with Crippen LogP contribution in [0.25, 0.3) is 0 Å². The van der Waals surface area contributed by atoms with Crippen molar-refractivity contribution in [3.05, 3.63) is 51.7 Å². The molecule has 2 heterocycles. The molecule has 3 rings (SSSR count). The zero-order valence-corrected chi connectivity index (χ0v) is 15.4.